The first-order valence-corrected chi connectivity index (χ1v) is 10.3. The molecule has 5 heteroatoms. The first-order chi connectivity index (χ1) is 14.2. The van der Waals surface area contributed by atoms with Crippen molar-refractivity contribution in [3.63, 3.8) is 0 Å². The van der Waals surface area contributed by atoms with Gasteiger partial charge in [-0.2, -0.15) is 0 Å². The Labute approximate surface area is 172 Å². The predicted octanol–water partition coefficient (Wildman–Crippen LogP) is 3.21. The Morgan fingerprint density at radius 3 is 2.59 bits per heavy atom. The largest absolute Gasteiger partial charge is 0.488 e. The molecule has 2 aliphatic rings. The maximum atomic E-state index is 13.5. The minimum Gasteiger partial charge on any atom is -0.488 e. The third kappa shape index (κ3) is 4.86. The fraction of sp³-hybridized carbons (Fsp3) is 0.375. The topological polar surface area (TPSA) is 42.0 Å². The molecule has 0 bridgehead atoms. The van der Waals surface area contributed by atoms with Crippen molar-refractivity contribution in [3.8, 4) is 5.75 Å². The van der Waals surface area contributed by atoms with E-state index in [4.69, 9.17) is 9.47 Å². The Morgan fingerprint density at radius 1 is 1.07 bits per heavy atom. The highest BCUT2D eigenvalue weighted by atomic mass is 16.5. The Bertz CT molecular complexity index is 859. The van der Waals surface area contributed by atoms with Gasteiger partial charge in [-0.25, -0.2) is 0 Å². The molecular formula is C24H28N2O3. The molecule has 29 heavy (non-hydrogen) atoms. The van der Waals surface area contributed by atoms with Crippen LogP contribution in [0.3, 0.4) is 0 Å². The molecule has 0 spiro atoms. The van der Waals surface area contributed by atoms with E-state index in [1.54, 1.807) is 0 Å². The number of carbonyl (C=O) groups is 1. The van der Waals surface area contributed by atoms with E-state index in [0.717, 1.165) is 49.7 Å². The molecular weight excluding hydrogens is 364 g/mol. The number of nitrogens with zero attached hydrogens (tertiary/aromatic N) is 2. The van der Waals surface area contributed by atoms with E-state index in [1.165, 1.54) is 0 Å². The maximum absolute atomic E-state index is 13.5. The van der Waals surface area contributed by atoms with Gasteiger partial charge in [0.1, 0.15) is 12.4 Å². The molecule has 1 amide bonds. The van der Waals surface area contributed by atoms with Gasteiger partial charge < -0.3 is 14.4 Å². The number of fused-ring (bicyclic) bond motifs is 1. The Balaban J connectivity index is 1.55. The van der Waals surface area contributed by atoms with Crippen LogP contribution in [0, 0.1) is 0 Å². The molecule has 1 unspecified atom stereocenters. The number of para-hydroxylation sites is 1. The Morgan fingerprint density at radius 2 is 1.79 bits per heavy atom. The lowest BCUT2D eigenvalue weighted by molar-refractivity contribution is -0.130. The van der Waals surface area contributed by atoms with E-state index in [-0.39, 0.29) is 11.9 Å². The second-order valence-electron chi connectivity index (χ2n) is 7.68. The zero-order chi connectivity index (χ0) is 20.1. The summed E-state index contributed by atoms with van der Waals surface area (Å²) in [6, 6.07) is 18.1. The van der Waals surface area contributed by atoms with Crippen LogP contribution in [0.2, 0.25) is 0 Å². The Kier molecular flexibility index (Phi) is 6.27. The van der Waals surface area contributed by atoms with Crippen LogP contribution in [-0.2, 0) is 16.1 Å². The summed E-state index contributed by atoms with van der Waals surface area (Å²) in [6.07, 6.45) is 1.97. The van der Waals surface area contributed by atoms with Crippen molar-refractivity contribution in [2.45, 2.75) is 19.5 Å². The van der Waals surface area contributed by atoms with Gasteiger partial charge in [-0.05, 0) is 24.6 Å². The molecule has 2 aliphatic heterocycles. The van der Waals surface area contributed by atoms with Crippen molar-refractivity contribution in [2.75, 3.05) is 39.5 Å². The van der Waals surface area contributed by atoms with E-state index < -0.39 is 0 Å². The molecule has 0 radical (unpaired) electrons. The molecule has 2 aromatic carbocycles. The predicted molar refractivity (Wildman–Crippen MR) is 114 cm³/mol. The lowest BCUT2D eigenvalue weighted by Crippen LogP contribution is -2.48. The molecule has 2 aromatic rings. The van der Waals surface area contributed by atoms with Crippen LogP contribution in [0.1, 0.15) is 18.1 Å². The van der Waals surface area contributed by atoms with Crippen LogP contribution in [0.4, 0.5) is 0 Å². The average molecular weight is 392 g/mol. The number of amides is 1. The van der Waals surface area contributed by atoms with Crippen LogP contribution < -0.4 is 4.74 Å². The van der Waals surface area contributed by atoms with Gasteiger partial charge in [0.05, 0.1) is 18.8 Å². The van der Waals surface area contributed by atoms with Crippen LogP contribution in [0.15, 0.2) is 60.2 Å². The monoisotopic (exact) mass is 392 g/mol. The molecule has 1 fully saturated rings. The van der Waals surface area contributed by atoms with Crippen molar-refractivity contribution in [3.05, 3.63) is 71.3 Å². The van der Waals surface area contributed by atoms with Crippen LogP contribution in [0.25, 0.3) is 6.08 Å². The number of morpholine rings is 1. The first-order valence-electron chi connectivity index (χ1n) is 10.3. The van der Waals surface area contributed by atoms with Gasteiger partial charge in [-0.15, -0.1) is 0 Å². The summed E-state index contributed by atoms with van der Waals surface area (Å²) >= 11 is 0. The molecule has 0 aliphatic carbocycles. The van der Waals surface area contributed by atoms with Crippen molar-refractivity contribution in [2.24, 2.45) is 0 Å². The molecule has 4 rings (SSSR count). The number of carbonyl (C=O) groups excluding carboxylic acids is 1. The van der Waals surface area contributed by atoms with Gasteiger partial charge in [-0.3, -0.25) is 9.69 Å². The third-order valence-electron chi connectivity index (χ3n) is 5.52. The van der Waals surface area contributed by atoms with E-state index >= 15 is 0 Å². The number of hydrogen-bond acceptors (Lipinski definition) is 4. The number of hydrogen-bond donors (Lipinski definition) is 0. The second kappa shape index (κ2) is 9.25. The minimum atomic E-state index is 0.0455. The second-order valence-corrected chi connectivity index (χ2v) is 7.68. The number of benzene rings is 2. The van der Waals surface area contributed by atoms with Gasteiger partial charge >= 0.3 is 0 Å². The summed E-state index contributed by atoms with van der Waals surface area (Å²) in [5, 5.41) is 0. The standard InChI is InChI=1S/C24H28N2O3/c1-19(16-25-11-13-28-14-12-25)26(17-20-7-3-2-4-8-20)24(27)22-15-21-9-5-6-10-23(21)29-18-22/h2-10,15,19H,11-14,16-18H2,1H3. The summed E-state index contributed by atoms with van der Waals surface area (Å²) in [6.45, 7) is 7.22. The fourth-order valence-corrected chi connectivity index (χ4v) is 3.89. The smallest absolute Gasteiger partial charge is 0.253 e. The lowest BCUT2D eigenvalue weighted by Gasteiger charge is -2.36. The molecule has 0 aromatic heterocycles. The van der Waals surface area contributed by atoms with E-state index in [0.29, 0.717) is 18.7 Å². The summed E-state index contributed by atoms with van der Waals surface area (Å²) in [4.78, 5) is 17.9. The van der Waals surface area contributed by atoms with E-state index in [1.807, 2.05) is 53.4 Å². The fourth-order valence-electron chi connectivity index (χ4n) is 3.89. The highest BCUT2D eigenvalue weighted by Crippen LogP contribution is 2.27. The van der Waals surface area contributed by atoms with Gasteiger partial charge in [0.2, 0.25) is 0 Å². The van der Waals surface area contributed by atoms with Crippen molar-refractivity contribution in [1.82, 2.24) is 9.80 Å². The van der Waals surface area contributed by atoms with Crippen molar-refractivity contribution >= 4 is 12.0 Å². The minimum absolute atomic E-state index is 0.0455. The summed E-state index contributed by atoms with van der Waals surface area (Å²) < 4.78 is 11.3. The molecule has 2 heterocycles. The maximum Gasteiger partial charge on any atom is 0.253 e. The number of rotatable bonds is 6. The third-order valence-corrected chi connectivity index (χ3v) is 5.52. The molecule has 1 atom stereocenters. The summed E-state index contributed by atoms with van der Waals surface area (Å²) in [5.41, 5.74) is 2.79. The molecule has 0 saturated carbocycles. The van der Waals surface area contributed by atoms with Crippen LogP contribution in [-0.4, -0.2) is 61.2 Å². The zero-order valence-electron chi connectivity index (χ0n) is 16.9. The normalized spacial score (nSPS) is 17.6. The molecule has 1 saturated heterocycles. The van der Waals surface area contributed by atoms with E-state index in [9.17, 15) is 4.79 Å². The van der Waals surface area contributed by atoms with Crippen LogP contribution in [0.5, 0.6) is 5.75 Å². The van der Waals surface area contributed by atoms with Crippen LogP contribution >= 0.6 is 0 Å². The lowest BCUT2D eigenvalue weighted by atomic mass is 10.0. The first kappa shape index (κ1) is 19.7. The SMILES string of the molecule is CC(CN1CCOCC1)N(Cc1ccccc1)C(=O)C1=Cc2ccccc2OC1. The Hall–Kier alpha value is -2.63. The average Bonchev–Trinajstić information content (AvgIpc) is 2.78. The number of ether oxygens (including phenoxy) is 2. The highest BCUT2D eigenvalue weighted by Gasteiger charge is 2.27. The van der Waals surface area contributed by atoms with Gasteiger partial charge in [0, 0.05) is 37.8 Å². The highest BCUT2D eigenvalue weighted by molar-refractivity contribution is 5.99. The van der Waals surface area contributed by atoms with Gasteiger partial charge in [-0.1, -0.05) is 48.5 Å². The quantitative estimate of drug-likeness (QED) is 0.757. The molecule has 5 nitrogen and oxygen atoms in total. The van der Waals surface area contributed by atoms with Crippen molar-refractivity contribution in [1.29, 1.82) is 0 Å². The molecule has 0 N–H and O–H groups in total. The van der Waals surface area contributed by atoms with Gasteiger partial charge in [0.25, 0.3) is 5.91 Å². The van der Waals surface area contributed by atoms with E-state index in [2.05, 4.69) is 24.0 Å². The summed E-state index contributed by atoms with van der Waals surface area (Å²) in [7, 11) is 0. The zero-order valence-corrected chi connectivity index (χ0v) is 16.9. The molecule has 152 valence electrons. The summed E-state index contributed by atoms with van der Waals surface area (Å²) in [5.74, 6) is 0.879. The van der Waals surface area contributed by atoms with Crippen molar-refractivity contribution < 1.29 is 14.3 Å². The van der Waals surface area contributed by atoms with Gasteiger partial charge in [0.15, 0.2) is 0 Å².